The van der Waals surface area contributed by atoms with E-state index in [1.54, 1.807) is 0 Å². The highest BCUT2D eigenvalue weighted by molar-refractivity contribution is 5.98. The van der Waals surface area contributed by atoms with Crippen LogP contribution in [0.3, 0.4) is 0 Å². The number of carboxylic acids is 1. The summed E-state index contributed by atoms with van der Waals surface area (Å²) in [6.45, 7) is 3.22. The first-order valence-electron chi connectivity index (χ1n) is 9.44. The van der Waals surface area contributed by atoms with E-state index < -0.39 is 5.97 Å². The van der Waals surface area contributed by atoms with Gasteiger partial charge in [-0.1, -0.05) is 59.8 Å². The van der Waals surface area contributed by atoms with E-state index >= 15 is 0 Å². The van der Waals surface area contributed by atoms with Crippen molar-refractivity contribution in [3.8, 4) is 11.3 Å². The number of carbonyl (C=O) groups is 1. The molecule has 0 unspecified atom stereocenters. The molecule has 29 heavy (non-hydrogen) atoms. The van der Waals surface area contributed by atoms with Crippen LogP contribution in [0.1, 0.15) is 30.2 Å². The van der Waals surface area contributed by atoms with E-state index in [2.05, 4.69) is 10.5 Å². The minimum absolute atomic E-state index is 0.115. The van der Waals surface area contributed by atoms with Crippen molar-refractivity contribution in [2.75, 3.05) is 6.54 Å². The largest absolute Gasteiger partial charge is 0.481 e. The average molecular weight is 392 g/mol. The standard InChI is InChI=1S/C23H24N2O4/c1-17(19-9-7-18(8-10-19)15-24-14-13-23(26)27)25-28-16-21-11-12-22(29-21)20-5-3-2-4-6-20/h2-12,24H,13-16H2,1H3,(H,26,27)/b25-17+. The molecule has 0 saturated heterocycles. The van der Waals surface area contributed by atoms with E-state index in [0.717, 1.165) is 28.2 Å². The molecule has 2 aromatic carbocycles. The quantitative estimate of drug-likeness (QED) is 0.302. The topological polar surface area (TPSA) is 84.1 Å². The van der Waals surface area contributed by atoms with Crippen LogP contribution in [0.5, 0.6) is 0 Å². The number of oxime groups is 1. The maximum absolute atomic E-state index is 10.5. The Morgan fingerprint density at radius 1 is 1.07 bits per heavy atom. The Morgan fingerprint density at radius 3 is 2.55 bits per heavy atom. The van der Waals surface area contributed by atoms with E-state index in [4.69, 9.17) is 14.4 Å². The van der Waals surface area contributed by atoms with Crippen molar-refractivity contribution in [2.45, 2.75) is 26.5 Å². The fraction of sp³-hybridized carbons (Fsp3) is 0.217. The van der Waals surface area contributed by atoms with Crippen molar-refractivity contribution in [3.63, 3.8) is 0 Å². The van der Waals surface area contributed by atoms with Crippen molar-refractivity contribution < 1.29 is 19.2 Å². The number of furan rings is 1. The summed E-state index contributed by atoms with van der Waals surface area (Å²) < 4.78 is 5.80. The predicted octanol–water partition coefficient (Wildman–Crippen LogP) is 4.45. The van der Waals surface area contributed by atoms with Crippen LogP contribution >= 0.6 is 0 Å². The van der Waals surface area contributed by atoms with Gasteiger partial charge in [0.15, 0.2) is 6.61 Å². The van der Waals surface area contributed by atoms with Gasteiger partial charge in [-0.05, 0) is 30.2 Å². The number of nitrogens with zero attached hydrogens (tertiary/aromatic N) is 1. The average Bonchev–Trinajstić information content (AvgIpc) is 3.21. The molecule has 0 amide bonds. The van der Waals surface area contributed by atoms with Gasteiger partial charge in [0.25, 0.3) is 0 Å². The van der Waals surface area contributed by atoms with Crippen LogP contribution in [0.15, 0.2) is 76.3 Å². The molecule has 0 radical (unpaired) electrons. The first-order valence-corrected chi connectivity index (χ1v) is 9.44. The fourth-order valence-electron chi connectivity index (χ4n) is 2.75. The van der Waals surface area contributed by atoms with Crippen molar-refractivity contribution in [1.29, 1.82) is 0 Å². The highest BCUT2D eigenvalue weighted by Crippen LogP contribution is 2.22. The van der Waals surface area contributed by atoms with Crippen LogP contribution in [0.25, 0.3) is 11.3 Å². The maximum Gasteiger partial charge on any atom is 0.304 e. The molecule has 3 aromatic rings. The molecule has 3 rings (SSSR count). The lowest BCUT2D eigenvalue weighted by Crippen LogP contribution is -2.17. The molecule has 1 aromatic heterocycles. The van der Waals surface area contributed by atoms with Crippen molar-refractivity contribution in [3.05, 3.63) is 83.6 Å². The van der Waals surface area contributed by atoms with E-state index in [-0.39, 0.29) is 13.0 Å². The third-order valence-corrected chi connectivity index (χ3v) is 4.34. The molecule has 0 fully saturated rings. The van der Waals surface area contributed by atoms with E-state index in [1.807, 2.05) is 73.7 Å². The summed E-state index contributed by atoms with van der Waals surface area (Å²) in [5.41, 5.74) is 3.83. The molecular weight excluding hydrogens is 368 g/mol. The van der Waals surface area contributed by atoms with Gasteiger partial charge in [-0.2, -0.15) is 0 Å². The van der Waals surface area contributed by atoms with E-state index in [1.165, 1.54) is 0 Å². The van der Waals surface area contributed by atoms with Gasteiger partial charge in [0.1, 0.15) is 11.5 Å². The smallest absolute Gasteiger partial charge is 0.304 e. The van der Waals surface area contributed by atoms with Gasteiger partial charge in [-0.3, -0.25) is 4.79 Å². The lowest BCUT2D eigenvalue weighted by Gasteiger charge is -2.05. The first kappa shape index (κ1) is 20.4. The number of hydrogen-bond donors (Lipinski definition) is 2. The summed E-state index contributed by atoms with van der Waals surface area (Å²) in [6, 6.07) is 21.6. The highest BCUT2D eigenvalue weighted by atomic mass is 16.6. The van der Waals surface area contributed by atoms with Crippen LogP contribution in [0, 0.1) is 0 Å². The summed E-state index contributed by atoms with van der Waals surface area (Å²) in [5, 5.41) is 15.9. The van der Waals surface area contributed by atoms with Gasteiger partial charge in [0, 0.05) is 18.7 Å². The zero-order valence-electron chi connectivity index (χ0n) is 16.3. The van der Waals surface area contributed by atoms with Crippen LogP contribution in [-0.2, 0) is 22.8 Å². The minimum atomic E-state index is -0.800. The fourth-order valence-corrected chi connectivity index (χ4v) is 2.75. The normalized spacial score (nSPS) is 11.4. The molecule has 150 valence electrons. The zero-order valence-corrected chi connectivity index (χ0v) is 16.3. The Hall–Kier alpha value is -3.38. The molecule has 6 nitrogen and oxygen atoms in total. The number of carboxylic acid groups (broad SMARTS) is 1. The predicted molar refractivity (Wildman–Crippen MR) is 112 cm³/mol. The third-order valence-electron chi connectivity index (χ3n) is 4.34. The number of aliphatic carboxylic acids is 1. The zero-order chi connectivity index (χ0) is 20.5. The lowest BCUT2D eigenvalue weighted by atomic mass is 10.1. The molecule has 1 heterocycles. The van der Waals surface area contributed by atoms with Gasteiger partial charge in [-0.15, -0.1) is 0 Å². The van der Waals surface area contributed by atoms with E-state index in [0.29, 0.717) is 18.8 Å². The minimum Gasteiger partial charge on any atom is -0.481 e. The Kier molecular flexibility index (Phi) is 7.19. The first-order chi connectivity index (χ1) is 14.1. The molecule has 0 aliphatic rings. The number of hydrogen-bond acceptors (Lipinski definition) is 5. The number of nitrogens with one attached hydrogen (secondary N) is 1. The molecule has 0 aliphatic heterocycles. The molecule has 0 aliphatic carbocycles. The SMILES string of the molecule is C/C(=N\OCc1ccc(-c2ccccc2)o1)c1ccc(CNCCC(=O)O)cc1. The third kappa shape index (κ3) is 6.33. The van der Waals surface area contributed by atoms with Crippen LogP contribution in [-0.4, -0.2) is 23.3 Å². The summed E-state index contributed by atoms with van der Waals surface area (Å²) in [7, 11) is 0. The summed E-state index contributed by atoms with van der Waals surface area (Å²) in [5.74, 6) is 0.714. The number of benzene rings is 2. The summed E-state index contributed by atoms with van der Waals surface area (Å²) in [4.78, 5) is 15.9. The Morgan fingerprint density at radius 2 is 1.83 bits per heavy atom. The second-order valence-electron chi connectivity index (χ2n) is 6.60. The Balaban J connectivity index is 1.48. The van der Waals surface area contributed by atoms with Crippen molar-refractivity contribution >= 4 is 11.7 Å². The van der Waals surface area contributed by atoms with Gasteiger partial charge in [-0.25, -0.2) is 0 Å². The maximum atomic E-state index is 10.5. The molecule has 0 spiro atoms. The Labute approximate surface area is 169 Å². The molecule has 0 atom stereocenters. The molecule has 2 N–H and O–H groups in total. The van der Waals surface area contributed by atoms with Crippen molar-refractivity contribution in [1.82, 2.24) is 5.32 Å². The Bertz CT molecular complexity index is 947. The van der Waals surface area contributed by atoms with Gasteiger partial charge < -0.3 is 19.7 Å². The second-order valence-corrected chi connectivity index (χ2v) is 6.60. The molecule has 0 bridgehead atoms. The van der Waals surface area contributed by atoms with Crippen LogP contribution in [0.2, 0.25) is 0 Å². The molecular formula is C23H24N2O4. The van der Waals surface area contributed by atoms with Gasteiger partial charge >= 0.3 is 5.97 Å². The monoisotopic (exact) mass is 392 g/mol. The number of rotatable bonds is 10. The highest BCUT2D eigenvalue weighted by Gasteiger charge is 2.05. The summed E-state index contributed by atoms with van der Waals surface area (Å²) in [6.07, 6.45) is 0.115. The van der Waals surface area contributed by atoms with Crippen LogP contribution in [0.4, 0.5) is 0 Å². The van der Waals surface area contributed by atoms with Gasteiger partial charge in [0.2, 0.25) is 0 Å². The van der Waals surface area contributed by atoms with E-state index in [9.17, 15) is 4.79 Å². The van der Waals surface area contributed by atoms with Crippen molar-refractivity contribution in [2.24, 2.45) is 5.16 Å². The summed E-state index contributed by atoms with van der Waals surface area (Å²) >= 11 is 0. The van der Waals surface area contributed by atoms with Crippen LogP contribution < -0.4 is 5.32 Å². The van der Waals surface area contributed by atoms with Gasteiger partial charge in [0.05, 0.1) is 12.1 Å². The lowest BCUT2D eigenvalue weighted by molar-refractivity contribution is -0.136. The second kappa shape index (κ2) is 10.2. The molecule has 6 heteroatoms. The molecule has 0 saturated carbocycles.